The molecule has 0 aromatic heterocycles. The largest absolute Gasteiger partial charge is 0.305 e. The summed E-state index contributed by atoms with van der Waals surface area (Å²) in [6, 6.07) is 8.51. The lowest BCUT2D eigenvalue weighted by atomic mass is 9.82. The van der Waals surface area contributed by atoms with Crippen LogP contribution in [0.3, 0.4) is 0 Å². The second-order valence-electron chi connectivity index (χ2n) is 7.96. The molecule has 1 aliphatic rings. The number of benzene rings is 1. The van der Waals surface area contributed by atoms with Gasteiger partial charge in [0.2, 0.25) is 0 Å². The Morgan fingerprint density at radius 2 is 1.73 bits per heavy atom. The van der Waals surface area contributed by atoms with Crippen LogP contribution < -0.4 is 5.43 Å². The minimum atomic E-state index is -0.0177. The summed E-state index contributed by atoms with van der Waals surface area (Å²) in [5, 5.41) is 4.41. The molecule has 0 unspecified atom stereocenters. The quantitative estimate of drug-likeness (QED) is 0.604. The van der Waals surface area contributed by atoms with Gasteiger partial charge >= 0.3 is 0 Å². The number of nitrogens with one attached hydrogen (secondary N) is 1. The second kappa shape index (κ2) is 6.12. The average Bonchev–Trinajstić information content (AvgIpc) is 2.87. The van der Waals surface area contributed by atoms with Crippen LogP contribution in [0, 0.1) is 5.41 Å². The summed E-state index contributed by atoms with van der Waals surface area (Å²) in [6.45, 7) is 13.1. The first-order valence-electron chi connectivity index (χ1n) is 7.98. The third kappa shape index (κ3) is 4.09. The molecule has 0 aliphatic heterocycles. The first kappa shape index (κ1) is 16.5. The Kier molecular flexibility index (Phi) is 4.60. The molecule has 0 amide bonds. The Balaban J connectivity index is 2.38. The summed E-state index contributed by atoms with van der Waals surface area (Å²) in [4.78, 5) is 0. The number of hydrogen-bond donors (Lipinski definition) is 1. The van der Waals surface area contributed by atoms with Gasteiger partial charge in [-0.25, -0.2) is 0 Å². The normalized spacial score (nSPS) is 15.9. The van der Waals surface area contributed by atoms with Crippen LogP contribution in [-0.2, 0) is 0 Å². The van der Waals surface area contributed by atoms with Gasteiger partial charge in [0.15, 0.2) is 0 Å². The highest BCUT2D eigenvalue weighted by Crippen LogP contribution is 2.39. The van der Waals surface area contributed by atoms with Gasteiger partial charge in [-0.15, -0.1) is 0 Å². The molecule has 0 fully saturated rings. The van der Waals surface area contributed by atoms with Gasteiger partial charge in [0.1, 0.15) is 0 Å². The first-order valence-corrected chi connectivity index (χ1v) is 7.98. The van der Waals surface area contributed by atoms with Crippen molar-refractivity contribution in [1.82, 2.24) is 5.43 Å². The van der Waals surface area contributed by atoms with Gasteiger partial charge in [0, 0.05) is 11.1 Å². The van der Waals surface area contributed by atoms with Crippen molar-refractivity contribution in [2.45, 2.75) is 53.5 Å². The van der Waals surface area contributed by atoms with E-state index in [1.54, 1.807) is 0 Å². The highest BCUT2D eigenvalue weighted by atomic mass is 15.3. The van der Waals surface area contributed by atoms with Crippen LogP contribution in [-0.4, -0.2) is 11.8 Å². The zero-order chi connectivity index (χ0) is 16.4. The predicted molar refractivity (Wildman–Crippen MR) is 97.1 cm³/mol. The van der Waals surface area contributed by atoms with Crippen molar-refractivity contribution in [3.05, 3.63) is 53.1 Å². The highest BCUT2D eigenvalue weighted by molar-refractivity contribution is 5.90. The van der Waals surface area contributed by atoms with Gasteiger partial charge in [0.25, 0.3) is 0 Å². The number of allylic oxidation sites excluding steroid dienone is 4. The molecule has 2 nitrogen and oxygen atoms in total. The van der Waals surface area contributed by atoms with Crippen molar-refractivity contribution in [3.63, 3.8) is 0 Å². The zero-order valence-electron chi connectivity index (χ0n) is 14.7. The van der Waals surface area contributed by atoms with Crippen LogP contribution in [0.5, 0.6) is 0 Å². The Hall–Kier alpha value is -1.83. The summed E-state index contributed by atoms with van der Waals surface area (Å²) in [6.07, 6.45) is 7.48. The molecule has 0 saturated heterocycles. The van der Waals surface area contributed by atoms with E-state index in [-0.39, 0.29) is 11.0 Å². The third-order valence-corrected chi connectivity index (χ3v) is 3.63. The maximum absolute atomic E-state index is 4.41. The van der Waals surface area contributed by atoms with Gasteiger partial charge in [-0.2, -0.15) is 5.10 Å². The number of nitrogens with zero attached hydrogens (tertiary/aromatic N) is 1. The van der Waals surface area contributed by atoms with E-state index >= 15 is 0 Å². The Morgan fingerprint density at radius 1 is 1.05 bits per heavy atom. The Bertz CT molecular complexity index is 620. The fourth-order valence-corrected chi connectivity index (χ4v) is 2.64. The monoisotopic (exact) mass is 296 g/mol. The lowest BCUT2D eigenvalue weighted by Gasteiger charge is -2.22. The zero-order valence-corrected chi connectivity index (χ0v) is 14.7. The Morgan fingerprint density at radius 3 is 2.36 bits per heavy atom. The smallest absolute Gasteiger partial charge is 0.0546 e. The molecular weight excluding hydrogens is 268 g/mol. The molecule has 0 spiro atoms. The molecule has 0 atom stereocenters. The molecule has 1 aliphatic carbocycles. The van der Waals surface area contributed by atoms with E-state index < -0.39 is 0 Å². The van der Waals surface area contributed by atoms with Gasteiger partial charge in [-0.05, 0) is 49.3 Å². The fourth-order valence-electron chi connectivity index (χ4n) is 2.64. The average molecular weight is 296 g/mol. The summed E-state index contributed by atoms with van der Waals surface area (Å²) in [7, 11) is 0. The minimum Gasteiger partial charge on any atom is -0.305 e. The Labute approximate surface area is 135 Å². The molecule has 0 heterocycles. The number of hydrogen-bond acceptors (Lipinski definition) is 2. The van der Waals surface area contributed by atoms with E-state index in [0.29, 0.717) is 0 Å². The number of rotatable bonds is 3. The van der Waals surface area contributed by atoms with Crippen molar-refractivity contribution in [3.8, 4) is 0 Å². The number of hydrazone groups is 1. The molecule has 0 bridgehead atoms. The van der Waals surface area contributed by atoms with E-state index in [9.17, 15) is 0 Å². The predicted octanol–water partition coefficient (Wildman–Crippen LogP) is 5.17. The van der Waals surface area contributed by atoms with Crippen molar-refractivity contribution in [1.29, 1.82) is 0 Å². The lowest BCUT2D eigenvalue weighted by Crippen LogP contribution is -2.31. The maximum Gasteiger partial charge on any atom is 0.0546 e. The van der Waals surface area contributed by atoms with Crippen LogP contribution in [0.2, 0.25) is 0 Å². The van der Waals surface area contributed by atoms with Crippen LogP contribution in [0.25, 0.3) is 5.57 Å². The molecule has 22 heavy (non-hydrogen) atoms. The van der Waals surface area contributed by atoms with E-state index in [2.05, 4.69) is 88.5 Å². The molecule has 0 saturated carbocycles. The molecule has 1 N–H and O–H groups in total. The highest BCUT2D eigenvalue weighted by Gasteiger charge is 2.23. The standard InChI is InChI=1S/C20H28N2/c1-19(2,3)18-13-9-12-17(18)16-11-8-7-10-15(16)14-21-22-20(4,5)6/h7-11,13-14,22H,12H2,1-6H3. The molecule has 118 valence electrons. The SMILES string of the molecule is CC(C)(C)NN=Cc1ccccc1C1=C(C(C)(C)C)C=CC1. The minimum absolute atomic E-state index is 0.0177. The summed E-state index contributed by atoms with van der Waals surface area (Å²) < 4.78 is 0. The van der Waals surface area contributed by atoms with Gasteiger partial charge in [-0.1, -0.05) is 57.2 Å². The van der Waals surface area contributed by atoms with Crippen molar-refractivity contribution in [2.75, 3.05) is 0 Å². The first-order chi connectivity index (χ1) is 10.2. The van der Waals surface area contributed by atoms with Crippen molar-refractivity contribution in [2.24, 2.45) is 10.5 Å². The summed E-state index contributed by atoms with van der Waals surface area (Å²) >= 11 is 0. The lowest BCUT2D eigenvalue weighted by molar-refractivity contribution is 0.442. The third-order valence-electron chi connectivity index (χ3n) is 3.63. The van der Waals surface area contributed by atoms with Crippen LogP contribution in [0.15, 0.2) is 47.1 Å². The molecule has 0 radical (unpaired) electrons. The van der Waals surface area contributed by atoms with Crippen LogP contribution >= 0.6 is 0 Å². The molecule has 2 rings (SSSR count). The van der Waals surface area contributed by atoms with E-state index in [0.717, 1.165) is 6.42 Å². The summed E-state index contributed by atoms with van der Waals surface area (Å²) in [5.41, 5.74) is 8.62. The van der Waals surface area contributed by atoms with Gasteiger partial charge < -0.3 is 5.43 Å². The van der Waals surface area contributed by atoms with E-state index in [1.165, 1.54) is 22.3 Å². The van der Waals surface area contributed by atoms with Crippen LogP contribution in [0.1, 0.15) is 59.1 Å². The molecule has 1 aromatic carbocycles. The maximum atomic E-state index is 4.41. The molecule has 2 heteroatoms. The van der Waals surface area contributed by atoms with Gasteiger partial charge in [0.05, 0.1) is 6.21 Å². The molecular formula is C20H28N2. The molecule has 1 aromatic rings. The van der Waals surface area contributed by atoms with E-state index in [1.807, 2.05) is 6.21 Å². The van der Waals surface area contributed by atoms with Gasteiger partial charge in [-0.3, -0.25) is 0 Å². The van der Waals surface area contributed by atoms with Crippen molar-refractivity contribution < 1.29 is 0 Å². The topological polar surface area (TPSA) is 24.4 Å². The van der Waals surface area contributed by atoms with Crippen LogP contribution in [0.4, 0.5) is 0 Å². The second-order valence-corrected chi connectivity index (χ2v) is 7.96. The van der Waals surface area contributed by atoms with Crippen molar-refractivity contribution >= 4 is 11.8 Å². The summed E-state index contributed by atoms with van der Waals surface area (Å²) in [5.74, 6) is 0. The fraction of sp³-hybridized carbons (Fsp3) is 0.450. The van der Waals surface area contributed by atoms with E-state index in [4.69, 9.17) is 0 Å².